The average Bonchev–Trinajstić information content (AvgIpc) is 2.91. The Morgan fingerprint density at radius 3 is 2.29 bits per heavy atom. The number of hydrogen-bond acceptors (Lipinski definition) is 2. The standard InChI is InChI=1S/C15H10ClF2N3/c16-9-14-15(10-4-2-1-3-5-10)21(20-19-14)13-7-11(17)6-12(18)8-13/h1-8H,9H2. The van der Waals surface area contributed by atoms with Crippen LogP contribution in [0.2, 0.25) is 0 Å². The molecule has 2 aromatic carbocycles. The quantitative estimate of drug-likeness (QED) is 0.686. The normalized spacial score (nSPS) is 10.8. The zero-order chi connectivity index (χ0) is 14.8. The first kappa shape index (κ1) is 13.7. The summed E-state index contributed by atoms with van der Waals surface area (Å²) in [5.41, 5.74) is 2.25. The van der Waals surface area contributed by atoms with Crippen LogP contribution in [0.3, 0.4) is 0 Å². The molecular weight excluding hydrogens is 296 g/mol. The predicted molar refractivity (Wildman–Crippen MR) is 76.3 cm³/mol. The molecule has 0 saturated heterocycles. The number of aromatic nitrogens is 3. The van der Waals surface area contributed by atoms with Crippen LogP contribution in [0.1, 0.15) is 5.69 Å². The van der Waals surface area contributed by atoms with E-state index in [-0.39, 0.29) is 11.6 Å². The molecule has 1 aromatic heterocycles. The molecule has 0 N–H and O–H groups in total. The van der Waals surface area contributed by atoms with Crippen molar-refractivity contribution < 1.29 is 8.78 Å². The Morgan fingerprint density at radius 1 is 1.00 bits per heavy atom. The molecular formula is C15H10ClF2N3. The van der Waals surface area contributed by atoms with E-state index in [0.717, 1.165) is 11.6 Å². The Morgan fingerprint density at radius 2 is 1.67 bits per heavy atom. The molecule has 1 heterocycles. The topological polar surface area (TPSA) is 30.7 Å². The Hall–Kier alpha value is -2.27. The summed E-state index contributed by atoms with van der Waals surface area (Å²) in [6.07, 6.45) is 0. The number of rotatable bonds is 3. The van der Waals surface area contributed by atoms with Crippen LogP contribution in [0, 0.1) is 11.6 Å². The Balaban J connectivity index is 2.22. The van der Waals surface area contributed by atoms with Gasteiger partial charge in [-0.15, -0.1) is 16.7 Å². The summed E-state index contributed by atoms with van der Waals surface area (Å²) in [5.74, 6) is -1.19. The van der Waals surface area contributed by atoms with Crippen LogP contribution in [-0.2, 0) is 5.88 Å². The van der Waals surface area contributed by atoms with Gasteiger partial charge in [-0.3, -0.25) is 0 Å². The Labute approximate surface area is 124 Å². The van der Waals surface area contributed by atoms with Crippen molar-refractivity contribution in [3.05, 3.63) is 65.9 Å². The summed E-state index contributed by atoms with van der Waals surface area (Å²) in [6, 6.07) is 12.5. The van der Waals surface area contributed by atoms with Crippen LogP contribution in [0.5, 0.6) is 0 Å². The van der Waals surface area contributed by atoms with Crippen LogP contribution < -0.4 is 0 Å². The first-order valence-electron chi connectivity index (χ1n) is 6.21. The van der Waals surface area contributed by atoms with Crippen LogP contribution in [-0.4, -0.2) is 15.0 Å². The molecule has 0 radical (unpaired) electrons. The van der Waals surface area contributed by atoms with Gasteiger partial charge in [0.2, 0.25) is 0 Å². The van der Waals surface area contributed by atoms with E-state index in [1.54, 1.807) is 0 Å². The van der Waals surface area contributed by atoms with E-state index < -0.39 is 11.6 Å². The summed E-state index contributed by atoms with van der Waals surface area (Å²) >= 11 is 5.88. The maximum atomic E-state index is 13.4. The maximum Gasteiger partial charge on any atom is 0.128 e. The highest BCUT2D eigenvalue weighted by atomic mass is 35.5. The molecule has 3 aromatic rings. The van der Waals surface area contributed by atoms with E-state index in [9.17, 15) is 8.78 Å². The fourth-order valence-corrected chi connectivity index (χ4v) is 2.31. The first-order chi connectivity index (χ1) is 10.2. The molecule has 0 aliphatic carbocycles. The van der Waals surface area contributed by atoms with E-state index in [1.807, 2.05) is 30.3 Å². The second-order valence-corrected chi connectivity index (χ2v) is 4.69. The van der Waals surface area contributed by atoms with Gasteiger partial charge in [0.1, 0.15) is 17.3 Å². The lowest BCUT2D eigenvalue weighted by Gasteiger charge is -2.08. The molecule has 0 atom stereocenters. The second-order valence-electron chi connectivity index (χ2n) is 4.42. The molecule has 0 amide bonds. The van der Waals surface area contributed by atoms with Gasteiger partial charge in [0.15, 0.2) is 0 Å². The van der Waals surface area contributed by atoms with Gasteiger partial charge < -0.3 is 0 Å². The number of halogens is 3. The van der Waals surface area contributed by atoms with E-state index >= 15 is 0 Å². The van der Waals surface area contributed by atoms with E-state index in [0.29, 0.717) is 11.4 Å². The monoisotopic (exact) mass is 305 g/mol. The van der Waals surface area contributed by atoms with Crippen molar-refractivity contribution in [2.75, 3.05) is 0 Å². The lowest BCUT2D eigenvalue weighted by atomic mass is 10.1. The lowest BCUT2D eigenvalue weighted by Crippen LogP contribution is -2.01. The van der Waals surface area contributed by atoms with Crippen molar-refractivity contribution in [3.8, 4) is 16.9 Å². The number of hydrogen-bond donors (Lipinski definition) is 0. The fourth-order valence-electron chi connectivity index (χ4n) is 2.13. The van der Waals surface area contributed by atoms with Crippen molar-refractivity contribution in [1.82, 2.24) is 15.0 Å². The summed E-state index contributed by atoms with van der Waals surface area (Å²) in [6.45, 7) is 0. The van der Waals surface area contributed by atoms with Crippen molar-refractivity contribution in [2.24, 2.45) is 0 Å². The van der Waals surface area contributed by atoms with Crippen LogP contribution in [0.25, 0.3) is 16.9 Å². The number of benzene rings is 2. The molecule has 21 heavy (non-hydrogen) atoms. The largest absolute Gasteiger partial charge is 0.212 e. The van der Waals surface area contributed by atoms with Crippen LogP contribution >= 0.6 is 11.6 Å². The highest BCUT2D eigenvalue weighted by Gasteiger charge is 2.16. The smallest absolute Gasteiger partial charge is 0.128 e. The molecule has 0 aliphatic rings. The predicted octanol–water partition coefficient (Wildman–Crippen LogP) is 3.95. The summed E-state index contributed by atoms with van der Waals surface area (Å²) in [7, 11) is 0. The van der Waals surface area contributed by atoms with Crippen LogP contribution in [0.4, 0.5) is 8.78 Å². The summed E-state index contributed by atoms with van der Waals surface area (Å²) in [4.78, 5) is 0. The van der Waals surface area contributed by atoms with Crippen molar-refractivity contribution in [3.63, 3.8) is 0 Å². The molecule has 0 unspecified atom stereocenters. The number of nitrogens with zero attached hydrogens (tertiary/aromatic N) is 3. The third-order valence-electron chi connectivity index (χ3n) is 3.01. The molecule has 0 spiro atoms. The highest BCUT2D eigenvalue weighted by Crippen LogP contribution is 2.26. The van der Waals surface area contributed by atoms with Gasteiger partial charge in [-0.2, -0.15) is 0 Å². The van der Waals surface area contributed by atoms with Gasteiger partial charge in [-0.05, 0) is 12.1 Å². The maximum absolute atomic E-state index is 13.4. The van der Waals surface area contributed by atoms with Gasteiger partial charge in [0.05, 0.1) is 17.3 Å². The van der Waals surface area contributed by atoms with Crippen molar-refractivity contribution >= 4 is 11.6 Å². The molecule has 6 heteroatoms. The zero-order valence-corrected chi connectivity index (χ0v) is 11.6. The molecule has 0 fully saturated rings. The molecule has 0 bridgehead atoms. The third-order valence-corrected chi connectivity index (χ3v) is 3.26. The number of alkyl halides is 1. The van der Waals surface area contributed by atoms with Gasteiger partial charge in [-0.1, -0.05) is 35.5 Å². The minimum atomic E-state index is -0.674. The van der Waals surface area contributed by atoms with Gasteiger partial charge >= 0.3 is 0 Å². The van der Waals surface area contributed by atoms with Gasteiger partial charge in [0.25, 0.3) is 0 Å². The first-order valence-corrected chi connectivity index (χ1v) is 6.75. The third kappa shape index (κ3) is 2.64. The molecule has 0 saturated carbocycles. The van der Waals surface area contributed by atoms with Crippen LogP contribution in [0.15, 0.2) is 48.5 Å². The molecule has 3 nitrogen and oxygen atoms in total. The lowest BCUT2D eigenvalue weighted by molar-refractivity contribution is 0.579. The SMILES string of the molecule is Fc1cc(F)cc(-n2nnc(CCl)c2-c2ccccc2)c1. The van der Waals surface area contributed by atoms with Gasteiger partial charge in [-0.25, -0.2) is 13.5 Å². The minimum absolute atomic E-state index is 0.155. The van der Waals surface area contributed by atoms with E-state index in [4.69, 9.17) is 11.6 Å². The molecule has 106 valence electrons. The summed E-state index contributed by atoms with van der Waals surface area (Å²) in [5, 5.41) is 7.95. The zero-order valence-electron chi connectivity index (χ0n) is 10.8. The van der Waals surface area contributed by atoms with E-state index in [1.165, 1.54) is 16.8 Å². The second kappa shape index (κ2) is 5.61. The average molecular weight is 306 g/mol. The van der Waals surface area contributed by atoms with Crippen molar-refractivity contribution in [1.29, 1.82) is 0 Å². The fraction of sp³-hybridized carbons (Fsp3) is 0.0667. The Kier molecular flexibility index (Phi) is 3.66. The van der Waals surface area contributed by atoms with E-state index in [2.05, 4.69) is 10.3 Å². The van der Waals surface area contributed by atoms with Crippen molar-refractivity contribution in [2.45, 2.75) is 5.88 Å². The highest BCUT2D eigenvalue weighted by molar-refractivity contribution is 6.17. The Bertz CT molecular complexity index is 752. The van der Waals surface area contributed by atoms with Gasteiger partial charge in [0, 0.05) is 11.6 Å². The summed E-state index contributed by atoms with van der Waals surface area (Å²) < 4.78 is 28.2. The molecule has 3 rings (SSSR count). The molecule has 0 aliphatic heterocycles. The minimum Gasteiger partial charge on any atom is -0.212 e.